The molecule has 0 spiro atoms. The van der Waals surface area contributed by atoms with E-state index >= 15 is 0 Å². The Morgan fingerprint density at radius 1 is 1.38 bits per heavy atom. The average molecular weight is 316 g/mol. The monoisotopic (exact) mass is 316 g/mol. The Kier molecular flexibility index (Phi) is 3.01. The molecule has 21 heavy (non-hydrogen) atoms. The molecule has 0 radical (unpaired) electrons. The Bertz CT molecular complexity index is 807. The molecule has 4 nitrogen and oxygen atoms in total. The van der Waals surface area contributed by atoms with E-state index in [1.165, 1.54) is 21.8 Å². The number of thiophene rings is 1. The van der Waals surface area contributed by atoms with E-state index in [1.807, 2.05) is 12.1 Å². The quantitative estimate of drug-likeness (QED) is 0.942. The van der Waals surface area contributed by atoms with Gasteiger partial charge in [-0.1, -0.05) is 30.0 Å². The molecule has 0 bridgehead atoms. The van der Waals surface area contributed by atoms with Gasteiger partial charge in [0.15, 0.2) is 5.17 Å². The molecule has 0 aliphatic carbocycles. The maximum Gasteiger partial charge on any atom is 0.308 e. The molecule has 6 heteroatoms. The molecule has 2 aliphatic heterocycles. The molecule has 0 unspecified atom stereocenters. The zero-order chi connectivity index (χ0) is 14.4. The van der Waals surface area contributed by atoms with Crippen LogP contribution in [0.5, 0.6) is 0 Å². The normalized spacial score (nSPS) is 17.5. The zero-order valence-corrected chi connectivity index (χ0v) is 12.7. The van der Waals surface area contributed by atoms with Crippen LogP contribution in [0, 0.1) is 0 Å². The molecular weight excluding hydrogens is 304 g/mol. The number of carboxylic acid groups (broad SMARTS) is 1. The van der Waals surface area contributed by atoms with Gasteiger partial charge in [-0.3, -0.25) is 9.79 Å². The molecule has 0 amide bonds. The number of thioether (sulfide) groups is 1. The van der Waals surface area contributed by atoms with Crippen molar-refractivity contribution in [2.75, 3.05) is 13.1 Å². The number of aliphatic imine (C=N–C) groups is 1. The third-order valence-corrected chi connectivity index (χ3v) is 5.68. The van der Waals surface area contributed by atoms with Crippen molar-refractivity contribution in [2.45, 2.75) is 6.42 Å². The van der Waals surface area contributed by atoms with Crippen LogP contribution in [-0.4, -0.2) is 34.2 Å². The van der Waals surface area contributed by atoms with E-state index in [1.54, 1.807) is 11.3 Å². The summed E-state index contributed by atoms with van der Waals surface area (Å²) >= 11 is 3.20. The van der Waals surface area contributed by atoms with Crippen LogP contribution in [0.15, 0.2) is 39.5 Å². The number of aliphatic carboxylic acids is 1. The molecular formula is C15H12N2O2S2. The van der Waals surface area contributed by atoms with E-state index in [4.69, 9.17) is 5.11 Å². The molecule has 0 atom stereocenters. The first-order valence-corrected chi connectivity index (χ1v) is 8.35. The highest BCUT2D eigenvalue weighted by Crippen LogP contribution is 2.45. The molecule has 2 aliphatic rings. The van der Waals surface area contributed by atoms with Crippen LogP contribution < -0.4 is 0 Å². The molecule has 4 rings (SSSR count). The summed E-state index contributed by atoms with van der Waals surface area (Å²) in [5.74, 6) is -0.795. The van der Waals surface area contributed by atoms with Crippen LogP contribution in [-0.2, 0) is 4.79 Å². The van der Waals surface area contributed by atoms with Gasteiger partial charge in [-0.2, -0.15) is 0 Å². The Morgan fingerprint density at radius 3 is 3.10 bits per heavy atom. The largest absolute Gasteiger partial charge is 0.481 e. The highest BCUT2D eigenvalue weighted by molar-refractivity contribution is 8.17. The minimum absolute atomic E-state index is 0.0553. The van der Waals surface area contributed by atoms with Gasteiger partial charge in [-0.15, -0.1) is 11.3 Å². The van der Waals surface area contributed by atoms with Gasteiger partial charge in [0.1, 0.15) is 0 Å². The number of amidine groups is 1. The van der Waals surface area contributed by atoms with Crippen molar-refractivity contribution in [3.05, 3.63) is 40.1 Å². The second-order valence-electron chi connectivity index (χ2n) is 4.91. The number of rotatable bonds is 3. The lowest BCUT2D eigenvalue weighted by Gasteiger charge is -2.16. The van der Waals surface area contributed by atoms with Gasteiger partial charge in [0.25, 0.3) is 0 Å². The van der Waals surface area contributed by atoms with Crippen LogP contribution in [0.25, 0.3) is 15.8 Å². The van der Waals surface area contributed by atoms with Gasteiger partial charge < -0.3 is 10.0 Å². The van der Waals surface area contributed by atoms with E-state index in [2.05, 4.69) is 27.4 Å². The summed E-state index contributed by atoms with van der Waals surface area (Å²) in [6.07, 6.45) is 0.0553. The van der Waals surface area contributed by atoms with Gasteiger partial charge in [0.05, 0.1) is 18.7 Å². The second kappa shape index (κ2) is 4.89. The molecule has 0 saturated heterocycles. The number of fused-ring (bicyclic) bond motifs is 2. The highest BCUT2D eigenvalue weighted by Gasteiger charge is 2.34. The SMILES string of the molecule is O=C(O)CC1=C(c2csc3ccccc23)N2CCN=C2S1. The second-order valence-corrected chi connectivity index (χ2v) is 6.88. The first kappa shape index (κ1) is 12.9. The fourth-order valence-corrected chi connectivity index (χ4v) is 4.87. The number of nitrogens with zero attached hydrogens (tertiary/aromatic N) is 2. The smallest absolute Gasteiger partial charge is 0.308 e. The first-order valence-electron chi connectivity index (χ1n) is 6.65. The van der Waals surface area contributed by atoms with Crippen molar-refractivity contribution in [2.24, 2.45) is 4.99 Å². The first-order chi connectivity index (χ1) is 10.2. The van der Waals surface area contributed by atoms with E-state index in [-0.39, 0.29) is 6.42 Å². The number of hydrogen-bond acceptors (Lipinski definition) is 5. The Morgan fingerprint density at radius 2 is 2.24 bits per heavy atom. The van der Waals surface area contributed by atoms with Crippen molar-refractivity contribution in [1.82, 2.24) is 4.90 Å². The van der Waals surface area contributed by atoms with Crippen LogP contribution in [0.3, 0.4) is 0 Å². The van der Waals surface area contributed by atoms with E-state index in [9.17, 15) is 4.79 Å². The lowest BCUT2D eigenvalue weighted by Crippen LogP contribution is -2.19. The van der Waals surface area contributed by atoms with E-state index in [0.29, 0.717) is 0 Å². The fourth-order valence-electron chi connectivity index (χ4n) is 2.74. The summed E-state index contributed by atoms with van der Waals surface area (Å²) in [6.45, 7) is 1.62. The molecule has 0 fully saturated rings. The Labute approximate surface area is 129 Å². The molecule has 0 saturated carbocycles. The zero-order valence-electron chi connectivity index (χ0n) is 11.1. The summed E-state index contributed by atoms with van der Waals surface area (Å²) in [7, 11) is 0. The third kappa shape index (κ3) is 2.06. The van der Waals surface area contributed by atoms with Crippen molar-refractivity contribution in [1.29, 1.82) is 0 Å². The van der Waals surface area contributed by atoms with E-state index in [0.717, 1.165) is 34.4 Å². The molecule has 3 heterocycles. The van der Waals surface area contributed by atoms with Crippen LogP contribution in [0.1, 0.15) is 12.0 Å². The molecule has 106 valence electrons. The van der Waals surface area contributed by atoms with Crippen molar-refractivity contribution in [3.63, 3.8) is 0 Å². The maximum atomic E-state index is 11.2. The van der Waals surface area contributed by atoms with Gasteiger partial charge in [0, 0.05) is 32.5 Å². The summed E-state index contributed by atoms with van der Waals surface area (Å²) in [6, 6.07) is 8.25. The summed E-state index contributed by atoms with van der Waals surface area (Å²) in [4.78, 5) is 18.7. The molecule has 1 N–H and O–H groups in total. The molecule has 1 aromatic carbocycles. The topological polar surface area (TPSA) is 52.9 Å². The predicted octanol–water partition coefficient (Wildman–Crippen LogP) is 3.46. The fraction of sp³-hybridized carbons (Fsp3) is 0.200. The Hall–Kier alpha value is -1.79. The van der Waals surface area contributed by atoms with Gasteiger partial charge in [-0.25, -0.2) is 0 Å². The number of carbonyl (C=O) groups is 1. The van der Waals surface area contributed by atoms with Crippen LogP contribution >= 0.6 is 23.1 Å². The highest BCUT2D eigenvalue weighted by atomic mass is 32.2. The maximum absolute atomic E-state index is 11.2. The van der Waals surface area contributed by atoms with Gasteiger partial charge in [-0.05, 0) is 6.07 Å². The Balaban J connectivity index is 1.89. The number of carboxylic acids is 1. The van der Waals surface area contributed by atoms with Crippen molar-refractivity contribution >= 4 is 50.0 Å². The third-order valence-electron chi connectivity index (χ3n) is 3.60. The van der Waals surface area contributed by atoms with Crippen LogP contribution in [0.2, 0.25) is 0 Å². The van der Waals surface area contributed by atoms with Crippen molar-refractivity contribution < 1.29 is 9.90 Å². The number of benzene rings is 1. The predicted molar refractivity (Wildman–Crippen MR) is 87.6 cm³/mol. The van der Waals surface area contributed by atoms with Crippen LogP contribution in [0.4, 0.5) is 0 Å². The lowest BCUT2D eigenvalue weighted by atomic mass is 10.1. The van der Waals surface area contributed by atoms with Gasteiger partial charge in [0.2, 0.25) is 0 Å². The van der Waals surface area contributed by atoms with Crippen molar-refractivity contribution in [3.8, 4) is 0 Å². The average Bonchev–Trinajstić information content (AvgIpc) is 3.12. The summed E-state index contributed by atoms with van der Waals surface area (Å²) < 4.78 is 1.23. The van der Waals surface area contributed by atoms with Gasteiger partial charge >= 0.3 is 5.97 Å². The lowest BCUT2D eigenvalue weighted by molar-refractivity contribution is -0.136. The van der Waals surface area contributed by atoms with E-state index < -0.39 is 5.97 Å². The standard InChI is InChI=1S/C15H12N2O2S2/c18-13(19)7-12-14(17-6-5-16-15(17)21-12)10-8-20-11-4-2-1-3-9(10)11/h1-4,8H,5-7H2,(H,18,19). The molecule has 2 aromatic rings. The minimum atomic E-state index is -0.795. The number of hydrogen-bond donors (Lipinski definition) is 1. The summed E-state index contributed by atoms with van der Waals surface area (Å²) in [5, 5.41) is 13.4. The summed E-state index contributed by atoms with van der Waals surface area (Å²) in [5.41, 5.74) is 2.17. The molecule has 1 aromatic heterocycles. The minimum Gasteiger partial charge on any atom is -0.481 e.